The fourth-order valence-corrected chi connectivity index (χ4v) is 3.89. The summed E-state index contributed by atoms with van der Waals surface area (Å²) in [6.07, 6.45) is 0.569. The van der Waals surface area contributed by atoms with Gasteiger partial charge < -0.3 is 15.7 Å². The van der Waals surface area contributed by atoms with E-state index in [-0.39, 0.29) is 0 Å². The Hall–Kier alpha value is -2.38. The van der Waals surface area contributed by atoms with Crippen LogP contribution in [0, 0.1) is 13.8 Å². The molecule has 0 aromatic heterocycles. The molecule has 0 aliphatic heterocycles. The third-order valence-electron chi connectivity index (χ3n) is 4.29. The number of nitrogens with one attached hydrogen (secondary N) is 2. The number of hydrogen-bond donors (Lipinski definition) is 3. The zero-order valence-electron chi connectivity index (χ0n) is 16.9. The largest absolute Gasteiger partial charge is 0.387 e. The van der Waals surface area contributed by atoms with E-state index in [0.29, 0.717) is 36.1 Å². The molecule has 28 heavy (non-hydrogen) atoms. The first-order chi connectivity index (χ1) is 13.2. The molecule has 1 unspecified atom stereocenters. The summed E-state index contributed by atoms with van der Waals surface area (Å²) in [5.41, 5.74) is 3.59. The van der Waals surface area contributed by atoms with Gasteiger partial charge in [-0.25, -0.2) is 13.4 Å². The van der Waals surface area contributed by atoms with Crippen molar-refractivity contribution in [2.45, 2.75) is 38.3 Å². The minimum atomic E-state index is -3.23. The Morgan fingerprint density at radius 1 is 1.14 bits per heavy atom. The average Bonchev–Trinajstić information content (AvgIpc) is 2.62. The molecule has 0 heterocycles. The Morgan fingerprint density at radius 3 is 2.50 bits per heavy atom. The summed E-state index contributed by atoms with van der Waals surface area (Å²) < 4.78 is 23.5. The number of aliphatic hydroxyl groups is 1. The van der Waals surface area contributed by atoms with E-state index in [4.69, 9.17) is 0 Å². The second kappa shape index (κ2) is 9.71. The monoisotopic (exact) mass is 403 g/mol. The SMILES string of the molecule is CCNC(=NCc1ccc(S(C)(=O)=O)c(C)c1)NCC(O)c1cccc(C)c1. The number of nitrogens with zero attached hydrogens (tertiary/aromatic N) is 1. The summed E-state index contributed by atoms with van der Waals surface area (Å²) in [6.45, 7) is 7.18. The highest BCUT2D eigenvalue weighted by Gasteiger charge is 2.11. The lowest BCUT2D eigenvalue weighted by Crippen LogP contribution is -2.39. The van der Waals surface area contributed by atoms with Gasteiger partial charge in [-0.1, -0.05) is 42.0 Å². The summed E-state index contributed by atoms with van der Waals surface area (Å²) in [6, 6.07) is 13.0. The number of aryl methyl sites for hydroxylation is 2. The third-order valence-corrected chi connectivity index (χ3v) is 5.55. The molecule has 0 saturated heterocycles. The molecule has 0 bridgehead atoms. The minimum absolute atomic E-state index is 0.335. The lowest BCUT2D eigenvalue weighted by atomic mass is 10.1. The first-order valence-electron chi connectivity index (χ1n) is 9.27. The Kier molecular flexibility index (Phi) is 7.60. The predicted molar refractivity (Wildman–Crippen MR) is 113 cm³/mol. The van der Waals surface area contributed by atoms with Crippen molar-refractivity contribution in [2.75, 3.05) is 19.3 Å². The van der Waals surface area contributed by atoms with Crippen LogP contribution in [0.4, 0.5) is 0 Å². The second-order valence-corrected chi connectivity index (χ2v) is 8.86. The summed E-state index contributed by atoms with van der Waals surface area (Å²) in [5.74, 6) is 0.596. The summed E-state index contributed by atoms with van der Waals surface area (Å²) in [4.78, 5) is 4.87. The van der Waals surface area contributed by atoms with Crippen LogP contribution in [0.15, 0.2) is 52.4 Å². The first-order valence-corrected chi connectivity index (χ1v) is 11.2. The molecule has 2 aromatic rings. The van der Waals surface area contributed by atoms with Gasteiger partial charge in [-0.05, 0) is 43.5 Å². The zero-order valence-corrected chi connectivity index (χ0v) is 17.7. The van der Waals surface area contributed by atoms with Gasteiger partial charge in [0, 0.05) is 19.3 Å². The maximum atomic E-state index is 11.7. The lowest BCUT2D eigenvalue weighted by Gasteiger charge is -2.16. The van der Waals surface area contributed by atoms with E-state index in [0.717, 1.165) is 16.7 Å². The van der Waals surface area contributed by atoms with Gasteiger partial charge in [-0.3, -0.25) is 0 Å². The van der Waals surface area contributed by atoms with E-state index in [1.807, 2.05) is 44.2 Å². The third kappa shape index (κ3) is 6.35. The van der Waals surface area contributed by atoms with Crippen molar-refractivity contribution < 1.29 is 13.5 Å². The smallest absolute Gasteiger partial charge is 0.191 e. The number of sulfone groups is 1. The normalized spacial score (nSPS) is 13.2. The number of aliphatic hydroxyl groups excluding tert-OH is 1. The van der Waals surface area contributed by atoms with E-state index in [1.54, 1.807) is 19.1 Å². The Morgan fingerprint density at radius 2 is 1.89 bits per heavy atom. The van der Waals surface area contributed by atoms with Gasteiger partial charge in [0.25, 0.3) is 0 Å². The van der Waals surface area contributed by atoms with Gasteiger partial charge in [-0.15, -0.1) is 0 Å². The highest BCUT2D eigenvalue weighted by Crippen LogP contribution is 2.17. The fourth-order valence-electron chi connectivity index (χ4n) is 2.93. The molecule has 0 aliphatic carbocycles. The van der Waals surface area contributed by atoms with Gasteiger partial charge in [0.15, 0.2) is 15.8 Å². The maximum absolute atomic E-state index is 11.7. The van der Waals surface area contributed by atoms with Crippen molar-refractivity contribution in [3.63, 3.8) is 0 Å². The van der Waals surface area contributed by atoms with Crippen molar-refractivity contribution in [3.8, 4) is 0 Å². The average molecular weight is 404 g/mol. The minimum Gasteiger partial charge on any atom is -0.387 e. The number of aliphatic imine (C=N–C) groups is 1. The Labute approximate surface area is 167 Å². The number of hydrogen-bond acceptors (Lipinski definition) is 4. The Balaban J connectivity index is 2.05. The molecule has 3 N–H and O–H groups in total. The molecule has 2 aromatic carbocycles. The first kappa shape index (κ1) is 21.9. The van der Waals surface area contributed by atoms with Crippen LogP contribution in [0.1, 0.15) is 35.3 Å². The van der Waals surface area contributed by atoms with Crippen LogP contribution in [-0.4, -0.2) is 38.8 Å². The van der Waals surface area contributed by atoms with Crippen LogP contribution in [-0.2, 0) is 16.4 Å². The van der Waals surface area contributed by atoms with Crippen LogP contribution in [0.5, 0.6) is 0 Å². The lowest BCUT2D eigenvalue weighted by molar-refractivity contribution is 0.181. The highest BCUT2D eigenvalue weighted by atomic mass is 32.2. The van der Waals surface area contributed by atoms with Crippen molar-refractivity contribution in [1.29, 1.82) is 0 Å². The van der Waals surface area contributed by atoms with Gasteiger partial charge in [0.1, 0.15) is 0 Å². The molecule has 0 amide bonds. The molecule has 152 valence electrons. The van der Waals surface area contributed by atoms with E-state index in [9.17, 15) is 13.5 Å². The summed E-state index contributed by atoms with van der Waals surface area (Å²) in [7, 11) is -3.23. The standard InChI is InChI=1S/C21H29N3O3S/c1-5-22-21(24-14-19(25)18-8-6-7-15(2)11-18)23-13-17-9-10-20(16(3)12-17)28(4,26)27/h6-12,19,25H,5,13-14H2,1-4H3,(H2,22,23,24). The molecular weight excluding hydrogens is 374 g/mol. The van der Waals surface area contributed by atoms with E-state index >= 15 is 0 Å². The molecule has 0 fully saturated rings. The van der Waals surface area contributed by atoms with Crippen LogP contribution < -0.4 is 10.6 Å². The number of rotatable bonds is 7. The summed E-state index contributed by atoms with van der Waals surface area (Å²) in [5, 5.41) is 16.7. The molecule has 0 aliphatic rings. The quantitative estimate of drug-likeness (QED) is 0.488. The van der Waals surface area contributed by atoms with Crippen LogP contribution in [0.3, 0.4) is 0 Å². The van der Waals surface area contributed by atoms with Crippen molar-refractivity contribution in [2.24, 2.45) is 4.99 Å². The van der Waals surface area contributed by atoms with Crippen molar-refractivity contribution in [3.05, 3.63) is 64.7 Å². The molecule has 1 atom stereocenters. The highest BCUT2D eigenvalue weighted by molar-refractivity contribution is 7.90. The van der Waals surface area contributed by atoms with Crippen molar-refractivity contribution >= 4 is 15.8 Å². The van der Waals surface area contributed by atoms with Crippen LogP contribution >= 0.6 is 0 Å². The molecule has 2 rings (SSSR count). The van der Waals surface area contributed by atoms with Gasteiger partial charge in [-0.2, -0.15) is 0 Å². The van der Waals surface area contributed by atoms with E-state index < -0.39 is 15.9 Å². The topological polar surface area (TPSA) is 90.8 Å². The number of benzene rings is 2. The van der Waals surface area contributed by atoms with Gasteiger partial charge in [0.2, 0.25) is 0 Å². The zero-order chi connectivity index (χ0) is 20.7. The fraction of sp³-hybridized carbons (Fsp3) is 0.381. The predicted octanol–water partition coefficient (Wildman–Crippen LogP) is 2.50. The van der Waals surface area contributed by atoms with Crippen LogP contribution in [0.2, 0.25) is 0 Å². The summed E-state index contributed by atoms with van der Waals surface area (Å²) >= 11 is 0. The molecule has 6 nitrogen and oxygen atoms in total. The molecular formula is C21H29N3O3S. The van der Waals surface area contributed by atoms with Gasteiger partial charge in [0.05, 0.1) is 17.5 Å². The van der Waals surface area contributed by atoms with Crippen molar-refractivity contribution in [1.82, 2.24) is 10.6 Å². The van der Waals surface area contributed by atoms with Crippen LogP contribution in [0.25, 0.3) is 0 Å². The molecule has 0 spiro atoms. The molecule has 0 saturated carbocycles. The molecule has 0 radical (unpaired) electrons. The Bertz CT molecular complexity index is 940. The molecule has 7 heteroatoms. The van der Waals surface area contributed by atoms with E-state index in [2.05, 4.69) is 15.6 Å². The van der Waals surface area contributed by atoms with Gasteiger partial charge >= 0.3 is 0 Å². The number of guanidine groups is 1. The maximum Gasteiger partial charge on any atom is 0.191 e. The van der Waals surface area contributed by atoms with E-state index in [1.165, 1.54) is 6.26 Å². The second-order valence-electron chi connectivity index (χ2n) is 6.88.